The highest BCUT2D eigenvalue weighted by molar-refractivity contribution is 5.39. The third-order valence-electron chi connectivity index (χ3n) is 0.829. The number of hydrazone groups is 1. The quantitative estimate of drug-likeness (QED) is 0.254. The SMILES string of the molecule is C=C=[N+](C)N(C)C. The van der Waals surface area contributed by atoms with Crippen LogP contribution in [-0.2, 0) is 0 Å². The molecule has 0 aromatic heterocycles. The molecule has 0 aliphatic heterocycles. The lowest BCUT2D eigenvalue weighted by Gasteiger charge is -1.99. The molecule has 7 heavy (non-hydrogen) atoms. The Labute approximate surface area is 44.3 Å². The summed E-state index contributed by atoms with van der Waals surface area (Å²) < 4.78 is 1.76. The highest BCUT2D eigenvalue weighted by Crippen LogP contribution is 1.65. The number of hydrogen-bond donors (Lipinski definition) is 0. The van der Waals surface area contributed by atoms with Gasteiger partial charge < -0.3 is 0 Å². The van der Waals surface area contributed by atoms with Crippen molar-refractivity contribution in [2.24, 2.45) is 0 Å². The Morgan fingerprint density at radius 3 is 2.00 bits per heavy atom. The molecule has 0 spiro atoms. The van der Waals surface area contributed by atoms with Gasteiger partial charge in [-0.25, -0.2) is 0 Å². The Morgan fingerprint density at radius 1 is 1.57 bits per heavy atom. The van der Waals surface area contributed by atoms with Gasteiger partial charge in [0.25, 0.3) is 0 Å². The van der Waals surface area contributed by atoms with Crippen molar-refractivity contribution in [1.82, 2.24) is 5.01 Å². The molecule has 0 aliphatic rings. The normalized spacial score (nSPS) is 7.29. The van der Waals surface area contributed by atoms with Crippen molar-refractivity contribution >= 4 is 5.87 Å². The average molecular weight is 99.2 g/mol. The maximum atomic E-state index is 3.44. The maximum absolute atomic E-state index is 3.44. The monoisotopic (exact) mass is 99.1 g/mol. The van der Waals surface area contributed by atoms with E-state index in [1.54, 1.807) is 4.68 Å². The van der Waals surface area contributed by atoms with Crippen molar-refractivity contribution in [3.8, 4) is 0 Å². The van der Waals surface area contributed by atoms with E-state index in [1.165, 1.54) is 0 Å². The molecule has 0 radical (unpaired) electrons. The van der Waals surface area contributed by atoms with Crippen LogP contribution in [0.3, 0.4) is 0 Å². The first-order chi connectivity index (χ1) is 3.18. The number of hydrazine groups is 1. The van der Waals surface area contributed by atoms with Crippen LogP contribution in [0.15, 0.2) is 6.58 Å². The fourth-order valence-electron chi connectivity index (χ4n) is 0.141. The topological polar surface area (TPSA) is 6.25 Å². The Balaban J connectivity index is 3.81. The fraction of sp³-hybridized carbons (Fsp3) is 0.600. The van der Waals surface area contributed by atoms with E-state index in [-0.39, 0.29) is 0 Å². The molecule has 0 heterocycles. The van der Waals surface area contributed by atoms with Crippen LogP contribution >= 0.6 is 0 Å². The van der Waals surface area contributed by atoms with Gasteiger partial charge in [0.1, 0.15) is 0 Å². The summed E-state index contributed by atoms with van der Waals surface area (Å²) in [5, 5.41) is 1.88. The smallest absolute Gasteiger partial charge is 0.184 e. The van der Waals surface area contributed by atoms with E-state index in [2.05, 4.69) is 12.4 Å². The molecule has 2 heteroatoms. The molecule has 0 aromatic carbocycles. The van der Waals surface area contributed by atoms with Crippen molar-refractivity contribution in [3.05, 3.63) is 6.58 Å². The second-order valence-corrected chi connectivity index (χ2v) is 1.53. The van der Waals surface area contributed by atoms with Crippen molar-refractivity contribution in [2.75, 3.05) is 21.1 Å². The summed E-state index contributed by atoms with van der Waals surface area (Å²) >= 11 is 0. The van der Waals surface area contributed by atoms with Gasteiger partial charge in [-0.3, -0.25) is 0 Å². The van der Waals surface area contributed by atoms with Gasteiger partial charge in [-0.2, -0.15) is 5.01 Å². The highest BCUT2D eigenvalue weighted by atomic mass is 15.5. The van der Waals surface area contributed by atoms with Gasteiger partial charge in [-0.15, -0.1) is 0 Å². The van der Waals surface area contributed by atoms with Gasteiger partial charge in [0, 0.05) is 6.58 Å². The average Bonchev–Trinajstić information content (AvgIpc) is 1.65. The lowest BCUT2D eigenvalue weighted by molar-refractivity contribution is -0.649. The predicted molar refractivity (Wildman–Crippen MR) is 30.5 cm³/mol. The van der Waals surface area contributed by atoms with Crippen LogP contribution in [0.1, 0.15) is 0 Å². The molecule has 0 bridgehead atoms. The predicted octanol–water partition coefficient (Wildman–Crippen LogP) is -0.0390. The third-order valence-corrected chi connectivity index (χ3v) is 0.829. The molecule has 0 aliphatic carbocycles. The van der Waals surface area contributed by atoms with Crippen LogP contribution in [-0.4, -0.2) is 36.7 Å². The molecule has 0 aromatic rings. The summed E-state index contributed by atoms with van der Waals surface area (Å²) in [6.45, 7) is 3.44. The first-order valence-corrected chi connectivity index (χ1v) is 2.12. The minimum atomic E-state index is 1.76. The molecule has 2 nitrogen and oxygen atoms in total. The standard InChI is InChI=1S/C5H11N2/c1-5-7(4)6(2)3/h1H2,2-4H3/q+1. The molecule has 40 valence electrons. The highest BCUT2D eigenvalue weighted by Gasteiger charge is 1.89. The number of hydrogen-bond acceptors (Lipinski definition) is 1. The molecular formula is C5H11N2+. The van der Waals surface area contributed by atoms with Crippen molar-refractivity contribution in [1.29, 1.82) is 0 Å². The lowest BCUT2D eigenvalue weighted by atomic mass is 11.0. The summed E-state index contributed by atoms with van der Waals surface area (Å²) in [7, 11) is 5.74. The Hall–Kier alpha value is -0.750. The third kappa shape index (κ3) is 2.01. The van der Waals surface area contributed by atoms with Crippen LogP contribution < -0.4 is 0 Å². The molecule has 0 saturated heterocycles. The first-order valence-electron chi connectivity index (χ1n) is 2.12. The Bertz CT molecular complexity index is 98.6. The van der Waals surface area contributed by atoms with Gasteiger partial charge >= 0.3 is 0 Å². The van der Waals surface area contributed by atoms with Crippen LogP contribution in [0.2, 0.25) is 0 Å². The van der Waals surface area contributed by atoms with Crippen molar-refractivity contribution < 1.29 is 4.68 Å². The molecular weight excluding hydrogens is 88.1 g/mol. The molecule has 0 rings (SSSR count). The summed E-state index contributed by atoms with van der Waals surface area (Å²) in [6, 6.07) is 0. The van der Waals surface area contributed by atoms with Crippen LogP contribution in [0.4, 0.5) is 0 Å². The van der Waals surface area contributed by atoms with E-state index < -0.39 is 0 Å². The van der Waals surface area contributed by atoms with Gasteiger partial charge in [0.05, 0.1) is 14.1 Å². The molecule has 0 amide bonds. The minimum absolute atomic E-state index is 1.76. The second-order valence-electron chi connectivity index (χ2n) is 1.53. The van der Waals surface area contributed by atoms with E-state index in [0.717, 1.165) is 0 Å². The Kier molecular flexibility index (Phi) is 2.17. The summed E-state index contributed by atoms with van der Waals surface area (Å²) in [5.41, 5.74) is 0. The Morgan fingerprint density at radius 2 is 2.00 bits per heavy atom. The largest absolute Gasteiger partial charge is 0.189 e. The molecule has 0 fully saturated rings. The molecule has 0 N–H and O–H groups in total. The van der Waals surface area contributed by atoms with Crippen molar-refractivity contribution in [2.45, 2.75) is 0 Å². The molecule has 0 saturated carbocycles. The molecule has 0 atom stereocenters. The van der Waals surface area contributed by atoms with Gasteiger partial charge in [0.15, 0.2) is 12.9 Å². The van der Waals surface area contributed by atoms with Crippen LogP contribution in [0.5, 0.6) is 0 Å². The minimum Gasteiger partial charge on any atom is -0.184 e. The zero-order valence-corrected chi connectivity index (χ0v) is 5.10. The number of rotatable bonds is 1. The van der Waals surface area contributed by atoms with E-state index in [0.29, 0.717) is 0 Å². The summed E-state index contributed by atoms with van der Waals surface area (Å²) in [6.07, 6.45) is 0. The fourth-order valence-corrected chi connectivity index (χ4v) is 0.141. The van der Waals surface area contributed by atoms with E-state index in [4.69, 9.17) is 0 Å². The van der Waals surface area contributed by atoms with Gasteiger partial charge in [-0.1, -0.05) is 4.68 Å². The van der Waals surface area contributed by atoms with Crippen LogP contribution in [0, 0.1) is 0 Å². The van der Waals surface area contributed by atoms with Gasteiger partial charge in [0.2, 0.25) is 0 Å². The second kappa shape index (κ2) is 2.43. The maximum Gasteiger partial charge on any atom is 0.189 e. The lowest BCUT2D eigenvalue weighted by Crippen LogP contribution is -2.22. The summed E-state index contributed by atoms with van der Waals surface area (Å²) in [4.78, 5) is 0. The van der Waals surface area contributed by atoms with E-state index >= 15 is 0 Å². The zero-order valence-electron chi connectivity index (χ0n) is 5.10. The zero-order chi connectivity index (χ0) is 5.86. The summed E-state index contributed by atoms with van der Waals surface area (Å²) in [5.74, 6) is 2.67. The number of nitrogens with zero attached hydrogens (tertiary/aromatic N) is 2. The van der Waals surface area contributed by atoms with Crippen LogP contribution in [0.25, 0.3) is 0 Å². The van der Waals surface area contributed by atoms with Gasteiger partial charge in [-0.05, 0) is 0 Å². The first kappa shape index (κ1) is 6.25. The van der Waals surface area contributed by atoms with E-state index in [9.17, 15) is 0 Å². The van der Waals surface area contributed by atoms with E-state index in [1.807, 2.05) is 26.2 Å². The molecule has 0 unspecified atom stereocenters. The van der Waals surface area contributed by atoms with Crippen molar-refractivity contribution in [3.63, 3.8) is 0 Å².